The summed E-state index contributed by atoms with van der Waals surface area (Å²) < 4.78 is 16.6. The van der Waals surface area contributed by atoms with Crippen molar-refractivity contribution in [3.63, 3.8) is 0 Å². The van der Waals surface area contributed by atoms with Gasteiger partial charge in [-0.3, -0.25) is 0 Å². The lowest BCUT2D eigenvalue weighted by atomic mass is 10.2. The summed E-state index contributed by atoms with van der Waals surface area (Å²) in [4.78, 5) is 0. The molecule has 22 heavy (non-hydrogen) atoms. The van der Waals surface area contributed by atoms with Crippen LogP contribution in [0.3, 0.4) is 0 Å². The van der Waals surface area contributed by atoms with Crippen LogP contribution in [0.25, 0.3) is 0 Å². The molecule has 4 nitrogen and oxygen atoms in total. The van der Waals surface area contributed by atoms with Gasteiger partial charge in [-0.2, -0.15) is 0 Å². The van der Waals surface area contributed by atoms with Crippen LogP contribution in [0.15, 0.2) is 42.5 Å². The molecule has 0 aliphatic carbocycles. The maximum absolute atomic E-state index is 6.00. The Kier molecular flexibility index (Phi) is 6.37. The predicted molar refractivity (Wildman–Crippen MR) is 88.2 cm³/mol. The van der Waals surface area contributed by atoms with Gasteiger partial charge < -0.3 is 19.5 Å². The van der Waals surface area contributed by atoms with E-state index < -0.39 is 0 Å². The molecule has 1 N–H and O–H groups in total. The minimum absolute atomic E-state index is 0.453. The largest absolute Gasteiger partial charge is 0.497 e. The third-order valence-electron chi connectivity index (χ3n) is 3.04. The molecule has 2 rings (SSSR count). The fourth-order valence-electron chi connectivity index (χ4n) is 2.02. The number of nitrogens with one attached hydrogen (secondary N) is 1. The van der Waals surface area contributed by atoms with Gasteiger partial charge in [-0.1, -0.05) is 17.7 Å². The Morgan fingerprint density at radius 2 is 1.77 bits per heavy atom. The van der Waals surface area contributed by atoms with Crippen LogP contribution in [0.4, 0.5) is 0 Å². The fraction of sp³-hybridized carbons (Fsp3) is 0.294. The van der Waals surface area contributed by atoms with Gasteiger partial charge in [-0.15, -0.1) is 0 Å². The van der Waals surface area contributed by atoms with E-state index in [1.54, 1.807) is 7.11 Å². The second kappa shape index (κ2) is 8.51. The Bertz CT molecular complexity index is 604. The number of rotatable bonds is 8. The van der Waals surface area contributed by atoms with Crippen molar-refractivity contribution in [3.8, 4) is 17.2 Å². The van der Waals surface area contributed by atoms with E-state index in [0.29, 0.717) is 24.8 Å². The minimum Gasteiger partial charge on any atom is -0.497 e. The molecule has 0 saturated carbocycles. The summed E-state index contributed by atoms with van der Waals surface area (Å²) in [6.07, 6.45) is 0. The van der Waals surface area contributed by atoms with Crippen LogP contribution in [0, 0.1) is 0 Å². The molecule has 2 aromatic carbocycles. The molecule has 0 aliphatic heterocycles. The highest BCUT2D eigenvalue weighted by molar-refractivity contribution is 6.30. The highest BCUT2D eigenvalue weighted by atomic mass is 35.5. The van der Waals surface area contributed by atoms with Crippen molar-refractivity contribution in [2.24, 2.45) is 0 Å². The van der Waals surface area contributed by atoms with E-state index in [4.69, 9.17) is 25.8 Å². The summed E-state index contributed by atoms with van der Waals surface area (Å²) in [7, 11) is 3.52. The van der Waals surface area contributed by atoms with Gasteiger partial charge in [0, 0.05) is 23.2 Å². The number of halogens is 1. The number of benzene rings is 2. The number of methoxy groups -OCH3 is 1. The molecule has 0 aliphatic rings. The van der Waals surface area contributed by atoms with Crippen LogP contribution in [0.1, 0.15) is 5.56 Å². The molecule has 0 atom stereocenters. The highest BCUT2D eigenvalue weighted by Crippen LogP contribution is 2.23. The van der Waals surface area contributed by atoms with Gasteiger partial charge in [0.05, 0.1) is 7.11 Å². The molecular formula is C17H20ClNO3. The molecule has 0 bridgehead atoms. The summed E-state index contributed by atoms with van der Waals surface area (Å²) in [5.74, 6) is 2.34. The molecular weight excluding hydrogens is 302 g/mol. The van der Waals surface area contributed by atoms with E-state index in [1.807, 2.05) is 49.5 Å². The predicted octanol–water partition coefficient (Wildman–Crippen LogP) is 3.53. The topological polar surface area (TPSA) is 39.7 Å². The maximum Gasteiger partial charge on any atom is 0.124 e. The molecule has 0 unspecified atom stereocenters. The van der Waals surface area contributed by atoms with E-state index in [-0.39, 0.29) is 0 Å². The van der Waals surface area contributed by atoms with Gasteiger partial charge in [0.2, 0.25) is 0 Å². The van der Waals surface area contributed by atoms with E-state index in [2.05, 4.69) is 5.32 Å². The van der Waals surface area contributed by atoms with Crippen molar-refractivity contribution < 1.29 is 14.2 Å². The third-order valence-corrected chi connectivity index (χ3v) is 3.28. The minimum atomic E-state index is 0.453. The van der Waals surface area contributed by atoms with Gasteiger partial charge in [0.25, 0.3) is 0 Å². The average molecular weight is 322 g/mol. The molecule has 0 fully saturated rings. The lowest BCUT2D eigenvalue weighted by Crippen LogP contribution is -2.12. The first-order valence-electron chi connectivity index (χ1n) is 7.05. The molecule has 5 heteroatoms. The quantitative estimate of drug-likeness (QED) is 0.755. The number of hydrogen-bond donors (Lipinski definition) is 1. The molecule has 0 radical (unpaired) electrons. The second-order valence-electron chi connectivity index (χ2n) is 4.66. The van der Waals surface area contributed by atoms with E-state index in [1.165, 1.54) is 0 Å². The van der Waals surface area contributed by atoms with Gasteiger partial charge in [-0.05, 0) is 37.4 Å². The van der Waals surface area contributed by atoms with E-state index in [0.717, 1.165) is 22.8 Å². The zero-order valence-electron chi connectivity index (χ0n) is 12.8. The van der Waals surface area contributed by atoms with Crippen molar-refractivity contribution in [1.29, 1.82) is 0 Å². The van der Waals surface area contributed by atoms with Crippen molar-refractivity contribution in [2.75, 3.05) is 27.4 Å². The zero-order valence-corrected chi connectivity index (χ0v) is 13.5. The van der Waals surface area contributed by atoms with Crippen LogP contribution >= 0.6 is 11.6 Å². The van der Waals surface area contributed by atoms with Crippen molar-refractivity contribution in [3.05, 3.63) is 53.1 Å². The molecule has 118 valence electrons. The second-order valence-corrected chi connectivity index (χ2v) is 5.09. The Labute approximate surface area is 136 Å². The third kappa shape index (κ3) is 4.83. The standard InChI is InChI=1S/C17H20ClNO3/c1-19-12-13-10-14(18)6-7-17(13)22-9-8-21-16-5-3-4-15(11-16)20-2/h3-7,10-11,19H,8-9,12H2,1-2H3. The first-order valence-corrected chi connectivity index (χ1v) is 7.43. The van der Waals surface area contributed by atoms with Crippen LogP contribution in [-0.2, 0) is 6.54 Å². The lowest BCUT2D eigenvalue weighted by molar-refractivity contribution is 0.215. The van der Waals surface area contributed by atoms with Crippen LogP contribution in [0.5, 0.6) is 17.2 Å². The van der Waals surface area contributed by atoms with Gasteiger partial charge in [0.15, 0.2) is 0 Å². The SMILES string of the molecule is CNCc1cc(Cl)ccc1OCCOc1cccc(OC)c1. The highest BCUT2D eigenvalue weighted by Gasteiger charge is 2.04. The molecule has 0 heterocycles. The molecule has 0 spiro atoms. The monoisotopic (exact) mass is 321 g/mol. The number of hydrogen-bond acceptors (Lipinski definition) is 4. The first kappa shape index (κ1) is 16.5. The van der Waals surface area contributed by atoms with Crippen molar-refractivity contribution in [2.45, 2.75) is 6.54 Å². The molecule has 0 amide bonds. The summed E-state index contributed by atoms with van der Waals surface area (Å²) in [6.45, 7) is 1.61. The average Bonchev–Trinajstić information content (AvgIpc) is 2.54. The number of ether oxygens (including phenoxy) is 3. The summed E-state index contributed by atoms with van der Waals surface area (Å²) in [6, 6.07) is 13.1. The maximum atomic E-state index is 6.00. The molecule has 0 saturated heterocycles. The first-order chi connectivity index (χ1) is 10.7. The van der Waals surface area contributed by atoms with E-state index in [9.17, 15) is 0 Å². The van der Waals surface area contributed by atoms with Gasteiger partial charge in [0.1, 0.15) is 30.5 Å². The molecule has 2 aromatic rings. The van der Waals surface area contributed by atoms with Crippen molar-refractivity contribution >= 4 is 11.6 Å². The smallest absolute Gasteiger partial charge is 0.124 e. The Hall–Kier alpha value is -1.91. The zero-order chi connectivity index (χ0) is 15.8. The fourth-order valence-corrected chi connectivity index (χ4v) is 2.21. The molecule has 0 aromatic heterocycles. The van der Waals surface area contributed by atoms with Crippen LogP contribution in [0.2, 0.25) is 5.02 Å². The van der Waals surface area contributed by atoms with Gasteiger partial charge >= 0.3 is 0 Å². The van der Waals surface area contributed by atoms with Crippen molar-refractivity contribution in [1.82, 2.24) is 5.32 Å². The Morgan fingerprint density at radius 3 is 2.55 bits per heavy atom. The van der Waals surface area contributed by atoms with Crippen LogP contribution < -0.4 is 19.5 Å². The van der Waals surface area contributed by atoms with E-state index >= 15 is 0 Å². The lowest BCUT2D eigenvalue weighted by Gasteiger charge is -2.12. The summed E-state index contributed by atoms with van der Waals surface area (Å²) >= 11 is 6.00. The normalized spacial score (nSPS) is 10.3. The van der Waals surface area contributed by atoms with Gasteiger partial charge in [-0.25, -0.2) is 0 Å². The Morgan fingerprint density at radius 1 is 1.00 bits per heavy atom. The summed E-state index contributed by atoms with van der Waals surface area (Å²) in [5.41, 5.74) is 1.02. The van der Waals surface area contributed by atoms with Crippen LogP contribution in [-0.4, -0.2) is 27.4 Å². The summed E-state index contributed by atoms with van der Waals surface area (Å²) in [5, 5.41) is 3.80. The Balaban J connectivity index is 1.85.